The van der Waals surface area contributed by atoms with Crippen LogP contribution in [0.15, 0.2) is 48.5 Å². The van der Waals surface area contributed by atoms with Crippen molar-refractivity contribution in [3.8, 4) is 5.75 Å². The fourth-order valence-corrected chi connectivity index (χ4v) is 3.56. The number of halogens is 1. The summed E-state index contributed by atoms with van der Waals surface area (Å²) in [4.78, 5) is 16.7. The second-order valence-electron chi connectivity index (χ2n) is 6.41. The number of fused-ring (bicyclic) bond motifs is 3. The molecule has 0 radical (unpaired) electrons. The molecule has 4 rings (SSSR count). The van der Waals surface area contributed by atoms with E-state index in [0.29, 0.717) is 19.5 Å². The van der Waals surface area contributed by atoms with Gasteiger partial charge in [-0.2, -0.15) is 0 Å². The van der Waals surface area contributed by atoms with Gasteiger partial charge in [0.25, 0.3) is 0 Å². The number of carbonyl (C=O) groups is 1. The summed E-state index contributed by atoms with van der Waals surface area (Å²) < 4.78 is 19.2. The molecule has 2 bridgehead atoms. The summed E-state index contributed by atoms with van der Waals surface area (Å²) in [5.41, 5.74) is 1.80. The summed E-state index contributed by atoms with van der Waals surface area (Å²) in [6.45, 7) is 1.30. The minimum atomic E-state index is -0.248. The van der Waals surface area contributed by atoms with Crippen molar-refractivity contribution in [2.75, 3.05) is 18.5 Å². The van der Waals surface area contributed by atoms with Crippen molar-refractivity contribution in [3.63, 3.8) is 0 Å². The fraction of sp³-hybridized carbons (Fsp3) is 0.316. The van der Waals surface area contributed by atoms with E-state index >= 15 is 0 Å². The summed E-state index contributed by atoms with van der Waals surface area (Å²) in [7, 11) is 1.79. The van der Waals surface area contributed by atoms with Gasteiger partial charge < -0.3 is 9.64 Å². The summed E-state index contributed by atoms with van der Waals surface area (Å²) in [5, 5.41) is 0. The van der Waals surface area contributed by atoms with E-state index in [1.807, 2.05) is 24.3 Å². The van der Waals surface area contributed by atoms with Gasteiger partial charge in [-0.1, -0.05) is 24.3 Å². The van der Waals surface area contributed by atoms with Crippen LogP contribution in [0.5, 0.6) is 5.75 Å². The highest BCUT2D eigenvalue weighted by atomic mass is 19.1. The van der Waals surface area contributed by atoms with Crippen molar-refractivity contribution in [2.45, 2.75) is 25.1 Å². The van der Waals surface area contributed by atoms with Crippen LogP contribution in [0.25, 0.3) is 0 Å². The highest BCUT2D eigenvalue weighted by Gasteiger charge is 2.41. The topological polar surface area (TPSA) is 32.8 Å². The summed E-state index contributed by atoms with van der Waals surface area (Å²) in [6.07, 6.45) is 0.674. The monoisotopic (exact) mass is 326 g/mol. The predicted molar refractivity (Wildman–Crippen MR) is 89.5 cm³/mol. The lowest BCUT2D eigenvalue weighted by Crippen LogP contribution is -2.44. The summed E-state index contributed by atoms with van der Waals surface area (Å²) >= 11 is 0. The fourth-order valence-electron chi connectivity index (χ4n) is 3.56. The first kappa shape index (κ1) is 15.1. The van der Waals surface area contributed by atoms with Crippen LogP contribution in [0, 0.1) is 5.82 Å². The zero-order valence-electron chi connectivity index (χ0n) is 13.5. The highest BCUT2D eigenvalue weighted by molar-refractivity contribution is 5.98. The van der Waals surface area contributed by atoms with Crippen molar-refractivity contribution >= 4 is 11.6 Å². The molecular weight excluding hydrogens is 307 g/mol. The first-order chi connectivity index (χ1) is 11.6. The van der Waals surface area contributed by atoms with Gasteiger partial charge in [0, 0.05) is 26.6 Å². The van der Waals surface area contributed by atoms with Crippen LogP contribution in [-0.4, -0.2) is 36.5 Å². The normalized spacial score (nSPS) is 23.4. The molecule has 24 heavy (non-hydrogen) atoms. The van der Waals surface area contributed by atoms with Crippen molar-refractivity contribution in [2.24, 2.45) is 0 Å². The van der Waals surface area contributed by atoms with Crippen molar-refractivity contribution in [3.05, 3.63) is 59.9 Å². The quantitative estimate of drug-likeness (QED) is 0.851. The summed E-state index contributed by atoms with van der Waals surface area (Å²) in [5.74, 6) is 0.581. The maximum Gasteiger partial charge on any atom is 0.244 e. The van der Waals surface area contributed by atoms with Gasteiger partial charge in [0.05, 0.1) is 11.7 Å². The third-order valence-electron chi connectivity index (χ3n) is 4.80. The average molecular weight is 326 g/mol. The molecule has 5 heteroatoms. The van der Waals surface area contributed by atoms with E-state index in [1.54, 1.807) is 24.1 Å². The van der Waals surface area contributed by atoms with Gasteiger partial charge in [-0.05, 0) is 29.8 Å². The molecule has 2 aromatic carbocycles. The maximum absolute atomic E-state index is 13.1. The molecule has 2 aliphatic rings. The average Bonchev–Trinajstić information content (AvgIpc) is 2.98. The molecular formula is C19H19FN2O2. The number of likely N-dealkylation sites (tertiary alicyclic amines) is 1. The van der Waals surface area contributed by atoms with E-state index in [-0.39, 0.29) is 23.9 Å². The zero-order chi connectivity index (χ0) is 16.7. The van der Waals surface area contributed by atoms with Crippen LogP contribution in [0.2, 0.25) is 0 Å². The number of likely N-dealkylation sites (N-methyl/N-ethyl adjacent to an activating group) is 1. The van der Waals surface area contributed by atoms with E-state index in [1.165, 1.54) is 12.1 Å². The van der Waals surface area contributed by atoms with Crippen LogP contribution < -0.4 is 9.64 Å². The van der Waals surface area contributed by atoms with Gasteiger partial charge in [0.15, 0.2) is 0 Å². The maximum atomic E-state index is 13.1. The third kappa shape index (κ3) is 2.65. The van der Waals surface area contributed by atoms with Crippen LogP contribution in [0.1, 0.15) is 12.0 Å². The minimum absolute atomic E-state index is 0.00533. The highest BCUT2D eigenvalue weighted by Crippen LogP contribution is 2.35. The van der Waals surface area contributed by atoms with Crippen molar-refractivity contribution < 1.29 is 13.9 Å². The molecule has 124 valence electrons. The van der Waals surface area contributed by atoms with Gasteiger partial charge >= 0.3 is 0 Å². The predicted octanol–water partition coefficient (Wildman–Crippen LogP) is 2.82. The Morgan fingerprint density at radius 2 is 1.92 bits per heavy atom. The van der Waals surface area contributed by atoms with E-state index in [4.69, 9.17) is 4.74 Å². The summed E-state index contributed by atoms with van der Waals surface area (Å²) in [6, 6.07) is 13.9. The number of para-hydroxylation sites is 2. The van der Waals surface area contributed by atoms with E-state index in [0.717, 1.165) is 17.0 Å². The van der Waals surface area contributed by atoms with E-state index in [9.17, 15) is 9.18 Å². The third-order valence-corrected chi connectivity index (χ3v) is 4.80. The second kappa shape index (κ2) is 5.91. The molecule has 0 N–H and O–H groups in total. The molecule has 2 aliphatic heterocycles. The molecule has 0 saturated carbocycles. The second-order valence-corrected chi connectivity index (χ2v) is 6.41. The van der Waals surface area contributed by atoms with E-state index in [2.05, 4.69) is 4.90 Å². The Morgan fingerprint density at radius 3 is 2.71 bits per heavy atom. The van der Waals surface area contributed by atoms with Gasteiger partial charge in [-0.15, -0.1) is 0 Å². The number of ether oxygens (including phenoxy) is 1. The lowest BCUT2D eigenvalue weighted by atomic mass is 10.1. The molecule has 1 saturated heterocycles. The molecule has 0 aliphatic carbocycles. The Kier molecular flexibility index (Phi) is 3.73. The van der Waals surface area contributed by atoms with Crippen LogP contribution >= 0.6 is 0 Å². The molecule has 0 unspecified atom stereocenters. The Balaban J connectivity index is 1.61. The van der Waals surface area contributed by atoms with Gasteiger partial charge in [0.1, 0.15) is 17.7 Å². The van der Waals surface area contributed by atoms with Crippen molar-refractivity contribution in [1.29, 1.82) is 0 Å². The minimum Gasteiger partial charge on any atom is -0.487 e. The van der Waals surface area contributed by atoms with E-state index < -0.39 is 0 Å². The number of hydrogen-bond acceptors (Lipinski definition) is 3. The molecule has 0 spiro atoms. The van der Waals surface area contributed by atoms with Crippen molar-refractivity contribution in [1.82, 2.24) is 4.90 Å². The standard InChI is InChI=1S/C19H19FN2O2/c1-21-16-4-2-3-5-18(16)24-15-10-17(19(21)23)22(12-15)11-13-6-8-14(20)9-7-13/h2-9,15,17H,10-12H2,1H3/t15-,17-/m0/s1. The Morgan fingerprint density at radius 1 is 1.17 bits per heavy atom. The Labute approximate surface area is 140 Å². The Bertz CT molecular complexity index is 762. The van der Waals surface area contributed by atoms with Crippen LogP contribution in [0.4, 0.5) is 10.1 Å². The van der Waals surface area contributed by atoms with Crippen LogP contribution in [0.3, 0.4) is 0 Å². The smallest absolute Gasteiger partial charge is 0.244 e. The van der Waals surface area contributed by atoms with Crippen LogP contribution in [-0.2, 0) is 11.3 Å². The zero-order valence-corrected chi connectivity index (χ0v) is 13.5. The number of amides is 1. The first-order valence-electron chi connectivity index (χ1n) is 8.13. The number of rotatable bonds is 2. The molecule has 4 nitrogen and oxygen atoms in total. The van der Waals surface area contributed by atoms with Gasteiger partial charge in [-0.25, -0.2) is 4.39 Å². The van der Waals surface area contributed by atoms with Gasteiger partial charge in [-0.3, -0.25) is 9.69 Å². The largest absolute Gasteiger partial charge is 0.487 e. The SMILES string of the molecule is CN1C(=O)[C@@H]2C[C@@H](CN2Cc2ccc(F)cc2)Oc2ccccc21. The number of hydrogen-bond donors (Lipinski definition) is 0. The molecule has 0 aromatic heterocycles. The number of carbonyl (C=O) groups excluding carboxylic acids is 1. The lowest BCUT2D eigenvalue weighted by molar-refractivity contribution is -0.122. The Hall–Kier alpha value is -2.40. The first-order valence-corrected chi connectivity index (χ1v) is 8.13. The molecule has 2 aromatic rings. The number of nitrogens with zero attached hydrogens (tertiary/aromatic N) is 2. The lowest BCUT2D eigenvalue weighted by Gasteiger charge is -2.29. The molecule has 1 fully saturated rings. The molecule has 2 heterocycles. The van der Waals surface area contributed by atoms with Gasteiger partial charge in [0.2, 0.25) is 5.91 Å². The number of anilines is 1. The molecule has 2 atom stereocenters. The molecule has 1 amide bonds. The number of benzene rings is 2.